The van der Waals surface area contributed by atoms with Crippen molar-refractivity contribution in [1.82, 2.24) is 15.1 Å². The molecule has 0 spiro atoms. The smallest absolute Gasteiger partial charge is 0.353 e. The van der Waals surface area contributed by atoms with Gasteiger partial charge in [-0.1, -0.05) is 19.0 Å². The zero-order valence-corrected chi connectivity index (χ0v) is 11.3. The summed E-state index contributed by atoms with van der Waals surface area (Å²) in [6.07, 6.45) is -4.38. The van der Waals surface area contributed by atoms with Gasteiger partial charge in [-0.15, -0.1) is 0 Å². The van der Waals surface area contributed by atoms with Crippen LogP contribution in [0.25, 0.3) is 22.6 Å². The lowest BCUT2D eigenvalue weighted by atomic mass is 10.1. The van der Waals surface area contributed by atoms with Gasteiger partial charge in [0.15, 0.2) is 5.82 Å². The molecule has 0 atom stereocenters. The molecule has 1 N–H and O–H groups in total. The summed E-state index contributed by atoms with van der Waals surface area (Å²) < 4.78 is 43.2. The molecule has 3 rings (SSSR count). The molecule has 2 heterocycles. The Bertz CT molecular complexity index is 786. The van der Waals surface area contributed by atoms with E-state index in [-0.39, 0.29) is 5.92 Å². The summed E-state index contributed by atoms with van der Waals surface area (Å²) in [7, 11) is 0. The number of nitrogens with one attached hydrogen (secondary N) is 1. The van der Waals surface area contributed by atoms with Gasteiger partial charge in [0, 0.05) is 6.07 Å². The van der Waals surface area contributed by atoms with E-state index in [0.717, 1.165) is 17.8 Å². The zero-order valence-electron chi connectivity index (χ0n) is 11.3. The van der Waals surface area contributed by atoms with Crippen LogP contribution >= 0.6 is 0 Å². The van der Waals surface area contributed by atoms with Gasteiger partial charge in [0.2, 0.25) is 5.76 Å². The highest BCUT2D eigenvalue weighted by molar-refractivity contribution is 5.79. The second kappa shape index (κ2) is 4.61. The van der Waals surface area contributed by atoms with Gasteiger partial charge in [0.25, 0.3) is 0 Å². The molecule has 0 aliphatic carbocycles. The highest BCUT2D eigenvalue weighted by Gasteiger charge is 2.30. The van der Waals surface area contributed by atoms with Gasteiger partial charge in [-0.05, 0) is 24.1 Å². The molecule has 0 saturated heterocycles. The molecule has 2 aromatic heterocycles. The molecule has 0 unspecified atom stereocenters. The minimum Gasteiger partial charge on any atom is -0.353 e. The van der Waals surface area contributed by atoms with Crippen LogP contribution in [0, 0.1) is 0 Å². The van der Waals surface area contributed by atoms with E-state index in [4.69, 9.17) is 4.52 Å². The number of aromatic amines is 1. The number of hydrogen-bond acceptors (Lipinski definition) is 3. The highest BCUT2D eigenvalue weighted by atomic mass is 19.4. The first-order chi connectivity index (χ1) is 9.84. The maximum Gasteiger partial charge on any atom is 0.416 e. The number of imidazole rings is 1. The van der Waals surface area contributed by atoms with E-state index in [0.29, 0.717) is 22.6 Å². The summed E-state index contributed by atoms with van der Waals surface area (Å²) in [5.74, 6) is 0.968. The van der Waals surface area contributed by atoms with Crippen LogP contribution < -0.4 is 0 Å². The van der Waals surface area contributed by atoms with E-state index in [2.05, 4.69) is 15.1 Å². The number of nitrogens with zero attached hydrogens (tertiary/aromatic N) is 2. The van der Waals surface area contributed by atoms with Crippen LogP contribution in [0.4, 0.5) is 13.2 Å². The largest absolute Gasteiger partial charge is 0.416 e. The van der Waals surface area contributed by atoms with Crippen LogP contribution in [-0.2, 0) is 6.18 Å². The summed E-state index contributed by atoms with van der Waals surface area (Å²) in [4.78, 5) is 7.05. The van der Waals surface area contributed by atoms with E-state index in [9.17, 15) is 13.2 Å². The summed E-state index contributed by atoms with van der Waals surface area (Å²) in [5.41, 5.74) is 0.801. The Kier molecular flexibility index (Phi) is 3.00. The van der Waals surface area contributed by atoms with Crippen molar-refractivity contribution in [2.45, 2.75) is 25.9 Å². The Balaban J connectivity index is 2.04. The lowest BCUT2D eigenvalue weighted by molar-refractivity contribution is -0.137. The molecule has 0 aliphatic rings. The lowest BCUT2D eigenvalue weighted by Crippen LogP contribution is -2.04. The molecule has 110 valence electrons. The fourth-order valence-electron chi connectivity index (χ4n) is 1.98. The third-order valence-corrected chi connectivity index (χ3v) is 3.16. The summed E-state index contributed by atoms with van der Waals surface area (Å²) >= 11 is 0. The number of H-pyrrole nitrogens is 1. The average molecular weight is 295 g/mol. The molecular formula is C14H12F3N3O. The van der Waals surface area contributed by atoms with Gasteiger partial charge in [-0.3, -0.25) is 0 Å². The number of halogens is 3. The van der Waals surface area contributed by atoms with Crippen molar-refractivity contribution in [2.24, 2.45) is 0 Å². The number of benzene rings is 1. The van der Waals surface area contributed by atoms with Crippen molar-refractivity contribution in [1.29, 1.82) is 0 Å². The van der Waals surface area contributed by atoms with Crippen LogP contribution in [0.5, 0.6) is 0 Å². The average Bonchev–Trinajstić information content (AvgIpc) is 3.03. The maximum absolute atomic E-state index is 12.7. The molecule has 7 heteroatoms. The fourth-order valence-corrected chi connectivity index (χ4v) is 1.98. The molecule has 0 amide bonds. The summed E-state index contributed by atoms with van der Waals surface area (Å²) in [5, 5.41) is 3.90. The van der Waals surface area contributed by atoms with Crippen molar-refractivity contribution in [3.63, 3.8) is 0 Å². The molecule has 0 aliphatic heterocycles. The van der Waals surface area contributed by atoms with E-state index in [1.54, 1.807) is 6.07 Å². The SMILES string of the molecule is CC(C)c1cc(-c2nc3ccc(C(F)(F)F)cc3[nH]2)on1. The molecule has 0 bridgehead atoms. The van der Waals surface area contributed by atoms with Crippen LogP contribution in [0.15, 0.2) is 28.8 Å². The van der Waals surface area contributed by atoms with E-state index in [1.807, 2.05) is 13.8 Å². The highest BCUT2D eigenvalue weighted by Crippen LogP contribution is 2.32. The van der Waals surface area contributed by atoms with Crippen molar-refractivity contribution in [3.8, 4) is 11.6 Å². The van der Waals surface area contributed by atoms with E-state index >= 15 is 0 Å². The monoisotopic (exact) mass is 295 g/mol. The Morgan fingerprint density at radius 1 is 1.19 bits per heavy atom. The number of hydrogen-bond donors (Lipinski definition) is 1. The van der Waals surface area contributed by atoms with E-state index < -0.39 is 11.7 Å². The van der Waals surface area contributed by atoms with E-state index in [1.165, 1.54) is 6.07 Å². The first-order valence-electron chi connectivity index (χ1n) is 6.38. The van der Waals surface area contributed by atoms with Crippen LogP contribution in [0.2, 0.25) is 0 Å². The third kappa shape index (κ3) is 2.51. The Morgan fingerprint density at radius 3 is 2.57 bits per heavy atom. The van der Waals surface area contributed by atoms with Crippen molar-refractivity contribution in [2.75, 3.05) is 0 Å². The van der Waals surface area contributed by atoms with Gasteiger partial charge in [-0.2, -0.15) is 13.2 Å². The second-order valence-electron chi connectivity index (χ2n) is 5.09. The third-order valence-electron chi connectivity index (χ3n) is 3.16. The van der Waals surface area contributed by atoms with Gasteiger partial charge in [0.05, 0.1) is 22.3 Å². The quantitative estimate of drug-likeness (QED) is 0.764. The number of rotatable bonds is 2. The van der Waals surface area contributed by atoms with Crippen LogP contribution in [0.3, 0.4) is 0 Å². The summed E-state index contributed by atoms with van der Waals surface area (Å²) in [6.45, 7) is 3.94. The predicted molar refractivity (Wildman–Crippen MR) is 70.7 cm³/mol. The molecular weight excluding hydrogens is 283 g/mol. The fraction of sp³-hybridized carbons (Fsp3) is 0.286. The lowest BCUT2D eigenvalue weighted by Gasteiger charge is -2.04. The summed E-state index contributed by atoms with van der Waals surface area (Å²) in [6, 6.07) is 5.10. The van der Waals surface area contributed by atoms with Gasteiger partial charge < -0.3 is 9.51 Å². The molecule has 21 heavy (non-hydrogen) atoms. The molecule has 0 saturated carbocycles. The number of alkyl halides is 3. The Labute approximate surface area is 118 Å². The number of aromatic nitrogens is 3. The zero-order chi connectivity index (χ0) is 15.2. The van der Waals surface area contributed by atoms with Crippen molar-refractivity contribution in [3.05, 3.63) is 35.5 Å². The molecule has 0 radical (unpaired) electrons. The van der Waals surface area contributed by atoms with Gasteiger partial charge in [-0.25, -0.2) is 4.98 Å². The minimum atomic E-state index is -4.38. The van der Waals surface area contributed by atoms with Crippen LogP contribution in [0.1, 0.15) is 31.0 Å². The second-order valence-corrected chi connectivity index (χ2v) is 5.09. The molecule has 4 nitrogen and oxygen atoms in total. The van der Waals surface area contributed by atoms with Gasteiger partial charge >= 0.3 is 6.18 Å². The predicted octanol–water partition coefficient (Wildman–Crippen LogP) is 4.36. The Hall–Kier alpha value is -2.31. The maximum atomic E-state index is 12.7. The van der Waals surface area contributed by atoms with Crippen molar-refractivity contribution < 1.29 is 17.7 Å². The van der Waals surface area contributed by atoms with Crippen molar-refractivity contribution >= 4 is 11.0 Å². The first-order valence-corrected chi connectivity index (χ1v) is 6.38. The standard InChI is InChI=1S/C14H12F3N3O/c1-7(2)10-6-12(21-20-10)13-18-9-4-3-8(14(15,16)17)5-11(9)19-13/h3-7H,1-2H3,(H,18,19). The molecule has 0 fully saturated rings. The molecule has 3 aromatic rings. The minimum absolute atomic E-state index is 0.198. The molecule has 1 aromatic carbocycles. The topological polar surface area (TPSA) is 54.7 Å². The Morgan fingerprint density at radius 2 is 1.95 bits per heavy atom. The normalized spacial score (nSPS) is 12.5. The van der Waals surface area contributed by atoms with Crippen LogP contribution in [-0.4, -0.2) is 15.1 Å². The first kappa shape index (κ1) is 13.7. The number of fused-ring (bicyclic) bond motifs is 1. The van der Waals surface area contributed by atoms with Gasteiger partial charge in [0.1, 0.15) is 0 Å².